The van der Waals surface area contributed by atoms with E-state index < -0.39 is 15.4 Å². The minimum absolute atomic E-state index is 0.262. The first-order chi connectivity index (χ1) is 8.41. The molecule has 0 fully saturated rings. The lowest BCUT2D eigenvalue weighted by Crippen LogP contribution is -2.19. The molecule has 0 aliphatic carbocycles. The van der Waals surface area contributed by atoms with Crippen LogP contribution < -0.4 is 0 Å². The van der Waals surface area contributed by atoms with Crippen molar-refractivity contribution in [3.05, 3.63) is 0 Å². The van der Waals surface area contributed by atoms with E-state index in [1.807, 2.05) is 0 Å². The quantitative estimate of drug-likeness (QED) is 0.450. The maximum atomic E-state index is 11.0. The molecule has 0 rings (SSSR count). The highest BCUT2D eigenvalue weighted by Crippen LogP contribution is 2.16. The lowest BCUT2D eigenvalue weighted by Gasteiger charge is -2.13. The van der Waals surface area contributed by atoms with Crippen LogP contribution in [0.4, 0.5) is 0 Å². The Labute approximate surface area is 112 Å². The molecule has 0 aliphatic rings. The Kier molecular flexibility index (Phi) is 9.68. The van der Waals surface area contributed by atoms with Crippen molar-refractivity contribution in [3.63, 3.8) is 0 Å². The van der Waals surface area contributed by atoms with E-state index in [0.29, 0.717) is 12.8 Å². The van der Waals surface area contributed by atoms with Crippen LogP contribution >= 0.6 is 0 Å². The van der Waals surface area contributed by atoms with Gasteiger partial charge in [0.05, 0.1) is 11.4 Å². The Morgan fingerprint density at radius 3 is 1.89 bits per heavy atom. The fraction of sp³-hybridized carbons (Fsp3) is 1.00. The summed E-state index contributed by atoms with van der Waals surface area (Å²) in [5.41, 5.74) is 0. The summed E-state index contributed by atoms with van der Waals surface area (Å²) in [5, 5.41) is 9.05. The summed E-state index contributed by atoms with van der Waals surface area (Å²) >= 11 is 0. The van der Waals surface area contributed by atoms with E-state index in [1.165, 1.54) is 0 Å². The van der Waals surface area contributed by atoms with Crippen molar-refractivity contribution in [2.45, 2.75) is 83.0 Å². The number of aliphatic hydroxyl groups is 1. The van der Waals surface area contributed by atoms with E-state index in [0.717, 1.165) is 44.9 Å². The summed E-state index contributed by atoms with van der Waals surface area (Å²) in [5.74, 6) is 0. The molecule has 0 aromatic carbocycles. The third kappa shape index (κ3) is 8.89. The van der Waals surface area contributed by atoms with Gasteiger partial charge in [0.15, 0.2) is 0 Å². The van der Waals surface area contributed by atoms with Gasteiger partial charge in [-0.15, -0.1) is 0 Å². The van der Waals surface area contributed by atoms with Crippen molar-refractivity contribution < 1.29 is 18.1 Å². The smallest absolute Gasteiger partial charge is 0.267 e. The Balaban J connectivity index is 3.66. The molecule has 2 unspecified atom stereocenters. The van der Waals surface area contributed by atoms with Gasteiger partial charge in [-0.1, -0.05) is 46.0 Å². The van der Waals surface area contributed by atoms with Gasteiger partial charge in [-0.3, -0.25) is 4.55 Å². The van der Waals surface area contributed by atoms with E-state index in [2.05, 4.69) is 6.92 Å². The van der Waals surface area contributed by atoms with Crippen LogP contribution in [-0.4, -0.2) is 29.4 Å². The van der Waals surface area contributed by atoms with Crippen molar-refractivity contribution >= 4 is 10.1 Å². The molecule has 18 heavy (non-hydrogen) atoms. The molecule has 0 aromatic heterocycles. The number of hydrogen-bond acceptors (Lipinski definition) is 3. The van der Waals surface area contributed by atoms with Gasteiger partial charge in [0.25, 0.3) is 10.1 Å². The van der Waals surface area contributed by atoms with Crippen molar-refractivity contribution in [1.29, 1.82) is 0 Å². The van der Waals surface area contributed by atoms with E-state index in [-0.39, 0.29) is 6.10 Å². The molecule has 5 heteroatoms. The minimum Gasteiger partial charge on any atom is -0.393 e. The lowest BCUT2D eigenvalue weighted by atomic mass is 10.0. The zero-order valence-electron chi connectivity index (χ0n) is 11.6. The van der Waals surface area contributed by atoms with Gasteiger partial charge in [-0.05, 0) is 25.7 Å². The minimum atomic E-state index is -3.90. The summed E-state index contributed by atoms with van der Waals surface area (Å²) in [6.45, 7) is 3.89. The molecule has 0 aliphatic heterocycles. The van der Waals surface area contributed by atoms with E-state index >= 15 is 0 Å². The first kappa shape index (κ1) is 17.9. The van der Waals surface area contributed by atoms with Gasteiger partial charge >= 0.3 is 0 Å². The van der Waals surface area contributed by atoms with Crippen LogP contribution in [0.25, 0.3) is 0 Å². The topological polar surface area (TPSA) is 74.6 Å². The molecule has 0 saturated carbocycles. The highest BCUT2D eigenvalue weighted by Gasteiger charge is 2.20. The van der Waals surface area contributed by atoms with E-state index in [1.54, 1.807) is 6.92 Å². The number of unbranched alkanes of at least 4 members (excludes halogenated alkanes) is 3. The number of rotatable bonds is 11. The predicted molar refractivity (Wildman–Crippen MR) is 74.2 cm³/mol. The van der Waals surface area contributed by atoms with Gasteiger partial charge in [-0.25, -0.2) is 0 Å². The molecule has 0 radical (unpaired) electrons. The lowest BCUT2D eigenvalue weighted by molar-refractivity contribution is 0.147. The van der Waals surface area contributed by atoms with Gasteiger partial charge in [0.1, 0.15) is 0 Å². The van der Waals surface area contributed by atoms with Crippen LogP contribution in [0.15, 0.2) is 0 Å². The molecule has 0 heterocycles. The molecular formula is C13H28O4S. The van der Waals surface area contributed by atoms with Crippen LogP contribution in [0.3, 0.4) is 0 Å². The van der Waals surface area contributed by atoms with Crippen molar-refractivity contribution in [3.8, 4) is 0 Å². The maximum Gasteiger partial charge on any atom is 0.267 e. The monoisotopic (exact) mass is 280 g/mol. The maximum absolute atomic E-state index is 11.0. The normalized spacial score (nSPS) is 15.6. The average Bonchev–Trinajstić information content (AvgIpc) is 2.27. The van der Waals surface area contributed by atoms with Crippen molar-refractivity contribution in [2.24, 2.45) is 0 Å². The zero-order valence-corrected chi connectivity index (χ0v) is 12.5. The summed E-state index contributed by atoms with van der Waals surface area (Å²) < 4.78 is 30.9. The summed E-state index contributed by atoms with van der Waals surface area (Å²) in [4.78, 5) is 0. The zero-order chi connectivity index (χ0) is 14.0. The second-order valence-electron chi connectivity index (χ2n) is 4.98. The Morgan fingerprint density at radius 2 is 1.44 bits per heavy atom. The van der Waals surface area contributed by atoms with Gasteiger partial charge < -0.3 is 5.11 Å². The summed E-state index contributed by atoms with van der Waals surface area (Å²) in [6, 6.07) is 0. The molecular weight excluding hydrogens is 252 g/mol. The van der Waals surface area contributed by atoms with E-state index in [4.69, 9.17) is 4.55 Å². The van der Waals surface area contributed by atoms with Crippen LogP contribution in [0, 0.1) is 0 Å². The molecule has 2 atom stereocenters. The van der Waals surface area contributed by atoms with Crippen LogP contribution in [0.5, 0.6) is 0 Å². The third-order valence-corrected chi connectivity index (χ3v) is 4.74. The predicted octanol–water partition coefficient (Wildman–Crippen LogP) is 3.15. The van der Waals surface area contributed by atoms with Crippen LogP contribution in [-0.2, 0) is 10.1 Å². The highest BCUT2D eigenvalue weighted by atomic mass is 32.2. The molecule has 2 N–H and O–H groups in total. The second-order valence-corrected chi connectivity index (χ2v) is 6.68. The van der Waals surface area contributed by atoms with Gasteiger partial charge in [0.2, 0.25) is 0 Å². The van der Waals surface area contributed by atoms with Crippen LogP contribution in [0.1, 0.15) is 71.6 Å². The first-order valence-corrected chi connectivity index (χ1v) is 8.56. The SMILES string of the molecule is CCCCCC(O)CCCCC(CC)S(=O)(=O)O. The molecule has 0 saturated heterocycles. The van der Waals surface area contributed by atoms with Crippen molar-refractivity contribution in [1.82, 2.24) is 0 Å². The Hall–Kier alpha value is -0.130. The third-order valence-electron chi connectivity index (χ3n) is 3.33. The molecule has 110 valence electrons. The first-order valence-electron chi connectivity index (χ1n) is 7.06. The Bertz CT molecular complexity index is 287. The van der Waals surface area contributed by atoms with Gasteiger partial charge in [0, 0.05) is 0 Å². The fourth-order valence-corrected chi connectivity index (χ4v) is 2.98. The number of hydrogen-bond donors (Lipinski definition) is 2. The molecule has 0 bridgehead atoms. The standard InChI is InChI=1S/C13H28O4S/c1-3-5-6-9-12(14)10-7-8-11-13(4-2)18(15,16)17/h12-14H,3-11H2,1-2H3,(H,15,16,17). The van der Waals surface area contributed by atoms with Crippen LogP contribution in [0.2, 0.25) is 0 Å². The molecule has 0 aromatic rings. The number of aliphatic hydroxyl groups excluding tert-OH is 1. The summed E-state index contributed by atoms with van der Waals surface area (Å²) in [7, 11) is -3.90. The Morgan fingerprint density at radius 1 is 0.944 bits per heavy atom. The fourth-order valence-electron chi connectivity index (χ4n) is 2.09. The average molecular weight is 280 g/mol. The van der Waals surface area contributed by atoms with E-state index in [9.17, 15) is 13.5 Å². The second kappa shape index (κ2) is 9.75. The van der Waals surface area contributed by atoms with Crippen molar-refractivity contribution in [2.75, 3.05) is 0 Å². The summed E-state index contributed by atoms with van der Waals surface area (Å²) in [6.07, 6.45) is 7.14. The largest absolute Gasteiger partial charge is 0.393 e. The van der Waals surface area contributed by atoms with Gasteiger partial charge in [-0.2, -0.15) is 8.42 Å². The molecule has 4 nitrogen and oxygen atoms in total. The highest BCUT2D eigenvalue weighted by molar-refractivity contribution is 7.86. The molecule has 0 spiro atoms. The molecule has 0 amide bonds.